The number of benzene rings is 1. The molecule has 2 aromatic rings. The third-order valence-electron chi connectivity index (χ3n) is 5.46. The molecule has 2 heterocycles. The minimum absolute atomic E-state index is 0.0677. The number of rotatable bonds is 3. The molecule has 0 fully saturated rings. The highest BCUT2D eigenvalue weighted by Gasteiger charge is 2.29. The molecule has 6 nitrogen and oxygen atoms in total. The standard InChI is InChI=1S/C20H23N3O3/c1-26-20(25)15-8-9-18-16(11-15)12-21-23(18)13-19(24)22-10-4-6-14-5-2-3-7-17(14)22/h2-3,5,7,12,15H,4,6,8-11,13H2,1H3. The van der Waals surface area contributed by atoms with E-state index in [1.165, 1.54) is 12.7 Å². The third-order valence-corrected chi connectivity index (χ3v) is 5.46. The third kappa shape index (κ3) is 3.00. The van der Waals surface area contributed by atoms with Gasteiger partial charge in [-0.05, 0) is 49.3 Å². The van der Waals surface area contributed by atoms with Gasteiger partial charge in [0.2, 0.25) is 5.91 Å². The molecule has 1 aromatic heterocycles. The number of carbonyl (C=O) groups is 2. The van der Waals surface area contributed by atoms with Crippen molar-refractivity contribution in [2.24, 2.45) is 5.92 Å². The average molecular weight is 353 g/mol. The van der Waals surface area contributed by atoms with Gasteiger partial charge in [-0.1, -0.05) is 18.2 Å². The largest absolute Gasteiger partial charge is 0.469 e. The number of hydrogen-bond acceptors (Lipinski definition) is 4. The Morgan fingerprint density at radius 2 is 2.08 bits per heavy atom. The molecule has 1 amide bonds. The molecule has 4 rings (SSSR count). The number of fused-ring (bicyclic) bond motifs is 2. The number of hydrogen-bond donors (Lipinski definition) is 0. The van der Waals surface area contributed by atoms with Crippen LogP contribution in [-0.2, 0) is 40.1 Å². The maximum absolute atomic E-state index is 12.9. The minimum atomic E-state index is -0.163. The lowest BCUT2D eigenvalue weighted by atomic mass is 9.88. The number of amides is 1. The van der Waals surface area contributed by atoms with Crippen molar-refractivity contribution in [3.63, 3.8) is 0 Å². The van der Waals surface area contributed by atoms with Gasteiger partial charge in [0.05, 0.1) is 19.2 Å². The van der Waals surface area contributed by atoms with Crippen molar-refractivity contribution >= 4 is 17.6 Å². The van der Waals surface area contributed by atoms with Gasteiger partial charge in [-0.25, -0.2) is 0 Å². The number of nitrogens with zero attached hydrogens (tertiary/aromatic N) is 3. The van der Waals surface area contributed by atoms with Crippen LogP contribution in [0.5, 0.6) is 0 Å². The van der Waals surface area contributed by atoms with Crippen molar-refractivity contribution in [1.82, 2.24) is 9.78 Å². The molecule has 0 saturated heterocycles. The molecule has 0 radical (unpaired) electrons. The summed E-state index contributed by atoms with van der Waals surface area (Å²) in [7, 11) is 1.43. The monoisotopic (exact) mass is 353 g/mol. The zero-order chi connectivity index (χ0) is 18.1. The maximum Gasteiger partial charge on any atom is 0.309 e. The summed E-state index contributed by atoms with van der Waals surface area (Å²) in [6.07, 6.45) is 5.93. The second-order valence-electron chi connectivity index (χ2n) is 7.01. The van der Waals surface area contributed by atoms with E-state index in [9.17, 15) is 9.59 Å². The Morgan fingerprint density at radius 1 is 1.23 bits per heavy atom. The number of carbonyl (C=O) groups excluding carboxylic acids is 2. The van der Waals surface area contributed by atoms with Gasteiger partial charge < -0.3 is 9.64 Å². The Labute approximate surface area is 152 Å². The lowest BCUT2D eigenvalue weighted by molar-refractivity contribution is -0.145. The first-order valence-electron chi connectivity index (χ1n) is 9.17. The van der Waals surface area contributed by atoms with E-state index < -0.39 is 0 Å². The summed E-state index contributed by atoms with van der Waals surface area (Å²) in [6.45, 7) is 0.996. The van der Waals surface area contributed by atoms with Gasteiger partial charge in [-0.3, -0.25) is 14.3 Å². The smallest absolute Gasteiger partial charge is 0.309 e. The van der Waals surface area contributed by atoms with Crippen molar-refractivity contribution in [2.45, 2.75) is 38.6 Å². The zero-order valence-corrected chi connectivity index (χ0v) is 15.0. The summed E-state index contributed by atoms with van der Waals surface area (Å²) in [5.41, 5.74) is 4.38. The first kappa shape index (κ1) is 16.8. The molecule has 6 heteroatoms. The highest BCUT2D eigenvalue weighted by atomic mass is 16.5. The summed E-state index contributed by atoms with van der Waals surface area (Å²) in [5, 5.41) is 4.43. The second-order valence-corrected chi connectivity index (χ2v) is 7.01. The number of esters is 1. The Bertz CT molecular complexity index is 843. The first-order valence-corrected chi connectivity index (χ1v) is 9.17. The Hall–Kier alpha value is -2.63. The average Bonchev–Trinajstić information content (AvgIpc) is 3.08. The second kappa shape index (κ2) is 6.94. The van der Waals surface area contributed by atoms with Crippen LogP contribution >= 0.6 is 0 Å². The van der Waals surface area contributed by atoms with E-state index in [0.717, 1.165) is 49.2 Å². The molecule has 1 atom stereocenters. The van der Waals surface area contributed by atoms with Crippen LogP contribution in [0.4, 0.5) is 5.69 Å². The minimum Gasteiger partial charge on any atom is -0.469 e. The topological polar surface area (TPSA) is 64.4 Å². The Morgan fingerprint density at radius 3 is 2.92 bits per heavy atom. The number of aryl methyl sites for hydroxylation is 1. The van der Waals surface area contributed by atoms with Crippen molar-refractivity contribution < 1.29 is 14.3 Å². The number of anilines is 1. The van der Waals surface area contributed by atoms with E-state index in [1.807, 2.05) is 27.8 Å². The molecular weight excluding hydrogens is 330 g/mol. The number of methoxy groups -OCH3 is 1. The van der Waals surface area contributed by atoms with Gasteiger partial charge in [0, 0.05) is 17.9 Å². The van der Waals surface area contributed by atoms with Gasteiger partial charge in [0.15, 0.2) is 0 Å². The maximum atomic E-state index is 12.9. The number of para-hydroxylation sites is 1. The Kier molecular flexibility index (Phi) is 4.49. The van der Waals surface area contributed by atoms with Crippen molar-refractivity contribution in [3.05, 3.63) is 47.3 Å². The van der Waals surface area contributed by atoms with E-state index in [1.54, 1.807) is 6.20 Å². The lowest BCUT2D eigenvalue weighted by Gasteiger charge is -2.30. The van der Waals surface area contributed by atoms with Crippen LogP contribution in [0.15, 0.2) is 30.5 Å². The van der Waals surface area contributed by atoms with Gasteiger partial charge in [0.1, 0.15) is 6.54 Å². The van der Waals surface area contributed by atoms with E-state index in [2.05, 4.69) is 11.2 Å². The van der Waals surface area contributed by atoms with Crippen molar-refractivity contribution in [2.75, 3.05) is 18.6 Å². The molecule has 1 aliphatic heterocycles. The fourth-order valence-electron chi connectivity index (χ4n) is 4.10. The predicted molar refractivity (Wildman–Crippen MR) is 96.9 cm³/mol. The van der Waals surface area contributed by atoms with E-state index in [-0.39, 0.29) is 24.3 Å². The molecule has 0 spiro atoms. The van der Waals surface area contributed by atoms with Gasteiger partial charge in [-0.2, -0.15) is 5.10 Å². The molecule has 0 N–H and O–H groups in total. The van der Waals surface area contributed by atoms with Gasteiger partial charge in [-0.15, -0.1) is 0 Å². The van der Waals surface area contributed by atoms with Crippen LogP contribution < -0.4 is 4.90 Å². The summed E-state index contributed by atoms with van der Waals surface area (Å²) in [5.74, 6) is -0.197. The molecule has 1 unspecified atom stereocenters. The molecule has 136 valence electrons. The van der Waals surface area contributed by atoms with E-state index in [4.69, 9.17) is 4.74 Å². The normalized spacial score (nSPS) is 18.8. The zero-order valence-electron chi connectivity index (χ0n) is 15.0. The first-order chi connectivity index (χ1) is 12.7. The van der Waals surface area contributed by atoms with Crippen LogP contribution in [0.2, 0.25) is 0 Å². The highest BCUT2D eigenvalue weighted by molar-refractivity contribution is 5.94. The summed E-state index contributed by atoms with van der Waals surface area (Å²) in [4.78, 5) is 26.6. The molecular formula is C20H23N3O3. The SMILES string of the molecule is COC(=O)C1CCc2c(cnn2CC(=O)N2CCCc3ccccc32)C1. The van der Waals surface area contributed by atoms with Crippen molar-refractivity contribution in [1.29, 1.82) is 0 Å². The molecule has 1 aliphatic carbocycles. The summed E-state index contributed by atoms with van der Waals surface area (Å²) < 4.78 is 6.67. The number of aromatic nitrogens is 2. The van der Waals surface area contributed by atoms with Gasteiger partial charge >= 0.3 is 5.97 Å². The van der Waals surface area contributed by atoms with Crippen LogP contribution in [-0.4, -0.2) is 35.3 Å². The van der Waals surface area contributed by atoms with Crippen LogP contribution in [0, 0.1) is 5.92 Å². The molecule has 2 aliphatic rings. The fourth-order valence-corrected chi connectivity index (χ4v) is 4.10. The quantitative estimate of drug-likeness (QED) is 0.793. The van der Waals surface area contributed by atoms with Crippen molar-refractivity contribution in [3.8, 4) is 0 Å². The fraction of sp³-hybridized carbons (Fsp3) is 0.450. The van der Waals surface area contributed by atoms with Crippen LogP contribution in [0.25, 0.3) is 0 Å². The van der Waals surface area contributed by atoms with E-state index in [0.29, 0.717) is 6.42 Å². The molecule has 0 saturated carbocycles. The number of ether oxygens (including phenoxy) is 1. The van der Waals surface area contributed by atoms with E-state index >= 15 is 0 Å². The predicted octanol–water partition coefficient (Wildman–Crippen LogP) is 2.14. The lowest BCUT2D eigenvalue weighted by Crippen LogP contribution is -2.38. The van der Waals surface area contributed by atoms with Crippen LogP contribution in [0.3, 0.4) is 0 Å². The molecule has 0 bridgehead atoms. The Balaban J connectivity index is 1.51. The summed E-state index contributed by atoms with van der Waals surface area (Å²) in [6, 6.07) is 8.12. The highest BCUT2D eigenvalue weighted by Crippen LogP contribution is 2.29. The molecule has 1 aromatic carbocycles. The molecule has 26 heavy (non-hydrogen) atoms. The van der Waals surface area contributed by atoms with Gasteiger partial charge in [0.25, 0.3) is 0 Å². The van der Waals surface area contributed by atoms with Crippen LogP contribution in [0.1, 0.15) is 29.7 Å². The summed E-state index contributed by atoms with van der Waals surface area (Å²) >= 11 is 0.